The van der Waals surface area contributed by atoms with Crippen LogP contribution in [0.5, 0.6) is 0 Å². The Morgan fingerprint density at radius 2 is 2.25 bits per heavy atom. The first kappa shape index (κ1) is 13.4. The molecule has 0 saturated carbocycles. The molecule has 1 N–H and O–H groups in total. The van der Waals surface area contributed by atoms with Crippen LogP contribution in [-0.4, -0.2) is 34.7 Å². The fourth-order valence-electron chi connectivity index (χ4n) is 1.57. The average Bonchev–Trinajstić information content (AvgIpc) is 2.29. The molecule has 1 aromatic rings. The van der Waals surface area contributed by atoms with E-state index in [1.54, 1.807) is 12.4 Å². The van der Waals surface area contributed by atoms with E-state index in [1.165, 1.54) is 0 Å². The summed E-state index contributed by atoms with van der Waals surface area (Å²) >= 11 is 6.05. The summed E-state index contributed by atoms with van der Waals surface area (Å²) in [6.07, 6.45) is 5.71. The molecule has 4 heteroatoms. The standard InChI is InChI=1S/C12H19ClN2O/c1-2-3-6-15(7-8-16)10-11-4-5-14-9-12(11)13/h4-5,9,16H,2-3,6-8,10H2,1H3. The lowest BCUT2D eigenvalue weighted by Crippen LogP contribution is -2.27. The monoisotopic (exact) mass is 242 g/mol. The molecule has 0 saturated heterocycles. The Balaban J connectivity index is 2.56. The van der Waals surface area contributed by atoms with Gasteiger partial charge in [-0.15, -0.1) is 0 Å². The summed E-state index contributed by atoms with van der Waals surface area (Å²) < 4.78 is 0. The molecule has 0 radical (unpaired) electrons. The van der Waals surface area contributed by atoms with Crippen molar-refractivity contribution in [1.29, 1.82) is 0 Å². The first-order valence-corrected chi connectivity index (χ1v) is 6.07. The van der Waals surface area contributed by atoms with Crippen LogP contribution >= 0.6 is 11.6 Å². The zero-order chi connectivity index (χ0) is 11.8. The predicted octanol–water partition coefficient (Wildman–Crippen LogP) is 2.33. The van der Waals surface area contributed by atoms with Crippen molar-refractivity contribution < 1.29 is 5.11 Å². The van der Waals surface area contributed by atoms with Gasteiger partial charge in [0.25, 0.3) is 0 Å². The van der Waals surface area contributed by atoms with Gasteiger partial charge in [0, 0.05) is 25.5 Å². The molecule has 0 amide bonds. The fraction of sp³-hybridized carbons (Fsp3) is 0.583. The minimum absolute atomic E-state index is 0.187. The molecular weight excluding hydrogens is 224 g/mol. The van der Waals surface area contributed by atoms with Gasteiger partial charge in [-0.05, 0) is 24.6 Å². The van der Waals surface area contributed by atoms with Crippen LogP contribution in [0.2, 0.25) is 5.02 Å². The van der Waals surface area contributed by atoms with Gasteiger partial charge in [-0.3, -0.25) is 9.88 Å². The second-order valence-electron chi connectivity index (χ2n) is 3.82. The van der Waals surface area contributed by atoms with Crippen LogP contribution in [0, 0.1) is 0 Å². The molecule has 1 aromatic heterocycles. The first-order valence-electron chi connectivity index (χ1n) is 5.69. The topological polar surface area (TPSA) is 36.4 Å². The van der Waals surface area contributed by atoms with Crippen LogP contribution in [0.4, 0.5) is 0 Å². The van der Waals surface area contributed by atoms with Crippen LogP contribution in [0.15, 0.2) is 18.5 Å². The number of hydrogen-bond donors (Lipinski definition) is 1. The third kappa shape index (κ3) is 4.47. The van der Waals surface area contributed by atoms with Gasteiger partial charge < -0.3 is 5.11 Å². The van der Waals surface area contributed by atoms with Crippen LogP contribution < -0.4 is 0 Å². The van der Waals surface area contributed by atoms with Gasteiger partial charge in [0.1, 0.15) is 0 Å². The molecule has 0 fully saturated rings. The van der Waals surface area contributed by atoms with Crippen molar-refractivity contribution in [2.75, 3.05) is 19.7 Å². The van der Waals surface area contributed by atoms with E-state index in [0.717, 1.165) is 31.5 Å². The van der Waals surface area contributed by atoms with Crippen LogP contribution in [0.3, 0.4) is 0 Å². The molecule has 90 valence electrons. The summed E-state index contributed by atoms with van der Waals surface area (Å²) in [5, 5.41) is 9.69. The van der Waals surface area contributed by atoms with Crippen molar-refractivity contribution in [3.63, 3.8) is 0 Å². The molecule has 0 spiro atoms. The maximum atomic E-state index is 9.00. The second kappa shape index (κ2) is 7.60. The molecule has 0 aliphatic rings. The number of unbranched alkanes of at least 4 members (excludes halogenated alkanes) is 1. The van der Waals surface area contributed by atoms with Crippen LogP contribution in [0.1, 0.15) is 25.3 Å². The second-order valence-corrected chi connectivity index (χ2v) is 4.23. The number of rotatable bonds is 7. The molecule has 0 aliphatic carbocycles. The number of halogens is 1. The van der Waals surface area contributed by atoms with Gasteiger partial charge in [-0.1, -0.05) is 24.9 Å². The number of aromatic nitrogens is 1. The minimum Gasteiger partial charge on any atom is -0.395 e. The highest BCUT2D eigenvalue weighted by atomic mass is 35.5. The lowest BCUT2D eigenvalue weighted by Gasteiger charge is -2.21. The summed E-state index contributed by atoms with van der Waals surface area (Å²) in [6, 6.07) is 1.93. The number of aliphatic hydroxyl groups is 1. The highest BCUT2D eigenvalue weighted by Crippen LogP contribution is 2.15. The molecule has 0 unspecified atom stereocenters. The maximum absolute atomic E-state index is 9.00. The first-order chi connectivity index (χ1) is 7.77. The molecule has 0 atom stereocenters. The van der Waals surface area contributed by atoms with Crippen LogP contribution in [-0.2, 0) is 6.54 Å². The van der Waals surface area contributed by atoms with Gasteiger partial charge in [0.2, 0.25) is 0 Å². The Morgan fingerprint density at radius 3 is 2.88 bits per heavy atom. The van der Waals surface area contributed by atoms with E-state index in [4.69, 9.17) is 16.7 Å². The van der Waals surface area contributed by atoms with Crippen molar-refractivity contribution >= 4 is 11.6 Å². The third-order valence-corrected chi connectivity index (χ3v) is 2.83. The molecule has 0 aliphatic heterocycles. The average molecular weight is 243 g/mol. The van der Waals surface area contributed by atoms with Gasteiger partial charge in [0.05, 0.1) is 11.6 Å². The number of hydrogen-bond acceptors (Lipinski definition) is 3. The Labute approximate surface area is 102 Å². The van der Waals surface area contributed by atoms with Gasteiger partial charge in [-0.25, -0.2) is 0 Å². The third-order valence-electron chi connectivity index (χ3n) is 2.49. The van der Waals surface area contributed by atoms with Crippen molar-refractivity contribution in [3.8, 4) is 0 Å². The lowest BCUT2D eigenvalue weighted by molar-refractivity contribution is 0.188. The quantitative estimate of drug-likeness (QED) is 0.797. The summed E-state index contributed by atoms with van der Waals surface area (Å²) in [4.78, 5) is 6.17. The summed E-state index contributed by atoms with van der Waals surface area (Å²) in [5.74, 6) is 0. The van der Waals surface area contributed by atoms with Gasteiger partial charge in [0.15, 0.2) is 0 Å². The molecular formula is C12H19ClN2O. The Morgan fingerprint density at radius 1 is 1.44 bits per heavy atom. The highest BCUT2D eigenvalue weighted by Gasteiger charge is 2.07. The van der Waals surface area contributed by atoms with E-state index in [1.807, 2.05) is 6.07 Å². The van der Waals surface area contributed by atoms with Gasteiger partial charge >= 0.3 is 0 Å². The molecule has 16 heavy (non-hydrogen) atoms. The Bertz CT molecular complexity index is 307. The Kier molecular flexibility index (Phi) is 6.38. The van der Waals surface area contributed by atoms with E-state index in [-0.39, 0.29) is 6.61 Å². The van der Waals surface area contributed by atoms with E-state index in [0.29, 0.717) is 11.6 Å². The maximum Gasteiger partial charge on any atom is 0.0634 e. The minimum atomic E-state index is 0.187. The van der Waals surface area contributed by atoms with E-state index in [2.05, 4.69) is 16.8 Å². The van der Waals surface area contributed by atoms with Crippen molar-refractivity contribution in [2.24, 2.45) is 0 Å². The molecule has 0 aromatic carbocycles. The predicted molar refractivity (Wildman–Crippen MR) is 66.5 cm³/mol. The largest absolute Gasteiger partial charge is 0.395 e. The highest BCUT2D eigenvalue weighted by molar-refractivity contribution is 6.31. The molecule has 1 rings (SSSR count). The Hall–Kier alpha value is -0.640. The summed E-state index contributed by atoms with van der Waals surface area (Å²) in [6.45, 7) is 4.82. The smallest absolute Gasteiger partial charge is 0.0634 e. The molecule has 1 heterocycles. The van der Waals surface area contributed by atoms with Crippen molar-refractivity contribution in [1.82, 2.24) is 9.88 Å². The van der Waals surface area contributed by atoms with Gasteiger partial charge in [-0.2, -0.15) is 0 Å². The summed E-state index contributed by atoms with van der Waals surface area (Å²) in [5.41, 5.74) is 1.07. The lowest BCUT2D eigenvalue weighted by atomic mass is 10.2. The van der Waals surface area contributed by atoms with Crippen molar-refractivity contribution in [2.45, 2.75) is 26.3 Å². The number of aliphatic hydroxyl groups excluding tert-OH is 1. The zero-order valence-electron chi connectivity index (χ0n) is 9.69. The number of pyridine rings is 1. The van der Waals surface area contributed by atoms with Crippen LogP contribution in [0.25, 0.3) is 0 Å². The molecule has 0 bridgehead atoms. The molecule has 3 nitrogen and oxygen atoms in total. The van der Waals surface area contributed by atoms with Crippen molar-refractivity contribution in [3.05, 3.63) is 29.0 Å². The normalized spacial score (nSPS) is 11.0. The van der Waals surface area contributed by atoms with E-state index in [9.17, 15) is 0 Å². The van der Waals surface area contributed by atoms with E-state index >= 15 is 0 Å². The SMILES string of the molecule is CCCCN(CCO)Cc1ccncc1Cl. The fourth-order valence-corrected chi connectivity index (χ4v) is 1.75. The zero-order valence-corrected chi connectivity index (χ0v) is 10.5. The van der Waals surface area contributed by atoms with E-state index < -0.39 is 0 Å². The number of nitrogens with zero attached hydrogens (tertiary/aromatic N) is 2. The summed E-state index contributed by atoms with van der Waals surface area (Å²) in [7, 11) is 0.